The lowest BCUT2D eigenvalue weighted by atomic mass is 10.1. The Labute approximate surface area is 158 Å². The number of carbonyl (C=O) groups is 2. The zero-order valence-electron chi connectivity index (χ0n) is 15.9. The molecule has 0 unspecified atom stereocenters. The molecule has 0 radical (unpaired) electrons. The number of rotatable bonds is 7. The molecule has 0 saturated carbocycles. The number of ether oxygens (including phenoxy) is 3. The van der Waals surface area contributed by atoms with Gasteiger partial charge in [0.2, 0.25) is 5.91 Å². The molecule has 7 nitrogen and oxygen atoms in total. The highest BCUT2D eigenvalue weighted by Gasteiger charge is 2.13. The number of nitrogens with one attached hydrogen (secondary N) is 2. The monoisotopic (exact) mass is 372 g/mol. The van der Waals surface area contributed by atoms with Gasteiger partial charge in [0.15, 0.2) is 11.5 Å². The van der Waals surface area contributed by atoms with Crippen LogP contribution in [-0.4, -0.2) is 32.6 Å². The van der Waals surface area contributed by atoms with Crippen LogP contribution in [0.5, 0.6) is 17.2 Å². The van der Waals surface area contributed by atoms with Crippen molar-refractivity contribution in [2.24, 2.45) is 0 Å². The normalized spacial score (nSPS) is 10.1. The fourth-order valence-corrected chi connectivity index (χ4v) is 2.54. The van der Waals surface area contributed by atoms with E-state index in [1.807, 2.05) is 32.0 Å². The third-order valence-corrected chi connectivity index (χ3v) is 3.83. The van der Waals surface area contributed by atoms with E-state index in [-0.39, 0.29) is 12.3 Å². The van der Waals surface area contributed by atoms with E-state index in [0.29, 0.717) is 29.4 Å². The summed E-state index contributed by atoms with van der Waals surface area (Å²) in [6.45, 7) is 4.28. The Bertz CT molecular complexity index is 820. The van der Waals surface area contributed by atoms with Crippen LogP contribution in [0.1, 0.15) is 28.4 Å². The van der Waals surface area contributed by atoms with Gasteiger partial charge in [-0.15, -0.1) is 0 Å². The predicted octanol–water partition coefficient (Wildman–Crippen LogP) is 2.41. The average molecular weight is 372 g/mol. The van der Waals surface area contributed by atoms with Gasteiger partial charge in [0, 0.05) is 11.1 Å². The molecule has 2 amide bonds. The number of hydrogen-bond acceptors (Lipinski definition) is 5. The van der Waals surface area contributed by atoms with Crippen LogP contribution in [0.25, 0.3) is 0 Å². The summed E-state index contributed by atoms with van der Waals surface area (Å²) in [5.74, 6) is 0.803. The summed E-state index contributed by atoms with van der Waals surface area (Å²) < 4.78 is 15.9. The summed E-state index contributed by atoms with van der Waals surface area (Å²) in [6.07, 6.45) is 0.0811. The number of amides is 2. The number of hydrogen-bond donors (Lipinski definition) is 2. The lowest BCUT2D eigenvalue weighted by Gasteiger charge is -2.12. The molecule has 0 aliphatic heterocycles. The van der Waals surface area contributed by atoms with E-state index in [0.717, 1.165) is 11.1 Å². The number of methoxy groups -OCH3 is 2. The molecular formula is C20H24N2O5. The van der Waals surface area contributed by atoms with Crippen molar-refractivity contribution < 1.29 is 23.8 Å². The highest BCUT2D eigenvalue weighted by Crippen LogP contribution is 2.28. The van der Waals surface area contributed by atoms with Gasteiger partial charge in [-0.1, -0.05) is 17.7 Å². The van der Waals surface area contributed by atoms with E-state index in [9.17, 15) is 9.59 Å². The smallest absolute Gasteiger partial charge is 0.269 e. The highest BCUT2D eigenvalue weighted by molar-refractivity contribution is 5.96. The van der Waals surface area contributed by atoms with Gasteiger partial charge in [0.05, 0.1) is 27.2 Å². The van der Waals surface area contributed by atoms with Crippen LogP contribution in [0, 0.1) is 6.92 Å². The molecule has 0 saturated heterocycles. The van der Waals surface area contributed by atoms with Crippen molar-refractivity contribution in [1.29, 1.82) is 0 Å². The van der Waals surface area contributed by atoms with Gasteiger partial charge >= 0.3 is 0 Å². The van der Waals surface area contributed by atoms with Crippen molar-refractivity contribution in [3.63, 3.8) is 0 Å². The zero-order valence-corrected chi connectivity index (χ0v) is 15.9. The fraction of sp³-hybridized carbons (Fsp3) is 0.300. The van der Waals surface area contributed by atoms with Gasteiger partial charge < -0.3 is 14.2 Å². The van der Waals surface area contributed by atoms with Crippen LogP contribution in [0.4, 0.5) is 0 Å². The highest BCUT2D eigenvalue weighted by atomic mass is 16.5. The third kappa shape index (κ3) is 5.37. The second kappa shape index (κ2) is 9.47. The lowest BCUT2D eigenvalue weighted by Crippen LogP contribution is -2.42. The molecule has 0 heterocycles. The molecule has 0 aromatic heterocycles. The van der Waals surface area contributed by atoms with Crippen LogP contribution in [0.2, 0.25) is 0 Å². The van der Waals surface area contributed by atoms with E-state index in [1.54, 1.807) is 25.3 Å². The van der Waals surface area contributed by atoms with Gasteiger partial charge in [-0.25, -0.2) is 0 Å². The second-order valence-electron chi connectivity index (χ2n) is 5.79. The minimum absolute atomic E-state index is 0.0811. The molecule has 7 heteroatoms. The molecule has 0 spiro atoms. The Hall–Kier alpha value is -3.22. The van der Waals surface area contributed by atoms with E-state index < -0.39 is 5.91 Å². The average Bonchev–Trinajstić information content (AvgIpc) is 2.66. The third-order valence-electron chi connectivity index (χ3n) is 3.83. The van der Waals surface area contributed by atoms with Crippen molar-refractivity contribution in [2.75, 3.05) is 20.8 Å². The summed E-state index contributed by atoms with van der Waals surface area (Å²) in [5, 5.41) is 0. The molecule has 2 aromatic rings. The quantitative estimate of drug-likeness (QED) is 0.729. The van der Waals surface area contributed by atoms with Crippen LogP contribution in [-0.2, 0) is 11.2 Å². The van der Waals surface area contributed by atoms with E-state index >= 15 is 0 Å². The Balaban J connectivity index is 1.99. The molecule has 0 aliphatic rings. The number of aryl methyl sites for hydroxylation is 1. The molecule has 0 bridgehead atoms. The summed E-state index contributed by atoms with van der Waals surface area (Å²) in [6, 6.07) is 10.4. The van der Waals surface area contributed by atoms with Crippen molar-refractivity contribution >= 4 is 11.8 Å². The fourth-order valence-electron chi connectivity index (χ4n) is 2.54. The minimum atomic E-state index is -0.457. The zero-order chi connectivity index (χ0) is 19.8. The second-order valence-corrected chi connectivity index (χ2v) is 5.79. The maximum Gasteiger partial charge on any atom is 0.269 e. The molecule has 27 heavy (non-hydrogen) atoms. The van der Waals surface area contributed by atoms with Crippen LogP contribution in [0.15, 0.2) is 36.4 Å². The first-order valence-corrected chi connectivity index (χ1v) is 8.52. The van der Waals surface area contributed by atoms with E-state index in [4.69, 9.17) is 14.2 Å². The first-order chi connectivity index (χ1) is 13.0. The van der Waals surface area contributed by atoms with Gasteiger partial charge in [-0.2, -0.15) is 0 Å². The molecular weight excluding hydrogens is 348 g/mol. The minimum Gasteiger partial charge on any atom is -0.496 e. The van der Waals surface area contributed by atoms with Crippen molar-refractivity contribution in [1.82, 2.24) is 10.9 Å². The predicted molar refractivity (Wildman–Crippen MR) is 101 cm³/mol. The van der Waals surface area contributed by atoms with Crippen molar-refractivity contribution in [3.05, 3.63) is 53.1 Å². The Kier molecular flexibility index (Phi) is 7.05. The van der Waals surface area contributed by atoms with E-state index in [2.05, 4.69) is 10.9 Å². The molecule has 2 aromatic carbocycles. The van der Waals surface area contributed by atoms with Gasteiger partial charge in [0.1, 0.15) is 5.75 Å². The summed E-state index contributed by atoms with van der Waals surface area (Å²) >= 11 is 0. The first kappa shape index (κ1) is 20.1. The Morgan fingerprint density at radius 2 is 1.63 bits per heavy atom. The molecule has 2 rings (SSSR count). The van der Waals surface area contributed by atoms with Gasteiger partial charge in [-0.05, 0) is 38.1 Å². The van der Waals surface area contributed by atoms with Crippen molar-refractivity contribution in [3.8, 4) is 17.2 Å². The number of carbonyl (C=O) groups excluding carboxylic acids is 2. The van der Waals surface area contributed by atoms with Gasteiger partial charge in [0.25, 0.3) is 5.91 Å². The Morgan fingerprint density at radius 1 is 0.926 bits per heavy atom. The van der Waals surface area contributed by atoms with E-state index in [1.165, 1.54) is 7.11 Å². The largest absolute Gasteiger partial charge is 0.496 e. The SMILES string of the molecule is CCOc1ccc(C(=O)NNC(=O)Cc2cc(C)ccc2OC)cc1OC. The summed E-state index contributed by atoms with van der Waals surface area (Å²) in [5.41, 5.74) is 6.91. The Morgan fingerprint density at radius 3 is 2.30 bits per heavy atom. The summed E-state index contributed by atoms with van der Waals surface area (Å²) in [4.78, 5) is 24.4. The van der Waals surface area contributed by atoms with Gasteiger partial charge in [-0.3, -0.25) is 20.4 Å². The van der Waals surface area contributed by atoms with Crippen molar-refractivity contribution in [2.45, 2.75) is 20.3 Å². The topological polar surface area (TPSA) is 85.9 Å². The van der Waals surface area contributed by atoms with Crippen LogP contribution in [0.3, 0.4) is 0 Å². The molecule has 144 valence electrons. The number of hydrazine groups is 1. The maximum atomic E-state index is 12.3. The molecule has 0 fully saturated rings. The standard InChI is InChI=1S/C20H24N2O5/c1-5-27-17-9-7-14(11-18(17)26-4)20(24)22-21-19(23)12-15-10-13(2)6-8-16(15)25-3/h6-11H,5,12H2,1-4H3,(H,21,23)(H,22,24). The first-order valence-electron chi connectivity index (χ1n) is 8.52. The molecule has 0 atom stereocenters. The lowest BCUT2D eigenvalue weighted by molar-refractivity contribution is -0.121. The maximum absolute atomic E-state index is 12.3. The van der Waals surface area contributed by atoms with Crippen LogP contribution >= 0.6 is 0 Å². The molecule has 0 aliphatic carbocycles. The molecule has 2 N–H and O–H groups in total. The number of benzene rings is 2. The summed E-state index contributed by atoms with van der Waals surface area (Å²) in [7, 11) is 3.05. The van der Waals surface area contributed by atoms with Crippen LogP contribution < -0.4 is 25.1 Å².